The van der Waals surface area contributed by atoms with Crippen LogP contribution in [-0.2, 0) is 9.53 Å². The number of rotatable bonds is 12. The Labute approximate surface area is 221 Å². The van der Waals surface area contributed by atoms with Gasteiger partial charge in [0.15, 0.2) is 0 Å². The van der Waals surface area contributed by atoms with Crippen molar-refractivity contribution in [3.63, 3.8) is 0 Å². The van der Waals surface area contributed by atoms with Crippen molar-refractivity contribution < 1.29 is 29.0 Å². The van der Waals surface area contributed by atoms with Crippen molar-refractivity contribution in [2.45, 2.75) is 25.4 Å². The third-order valence-corrected chi connectivity index (χ3v) is 5.44. The maximum absolute atomic E-state index is 12.5. The lowest BCUT2D eigenvalue weighted by Crippen LogP contribution is -2.32. The normalized spacial score (nSPS) is 11.5. The molecule has 5 N–H and O–H groups in total. The van der Waals surface area contributed by atoms with Crippen LogP contribution in [0.4, 0.5) is 16.2 Å². The molecule has 0 unspecified atom stereocenters. The van der Waals surface area contributed by atoms with E-state index in [0.717, 1.165) is 0 Å². The topological polar surface area (TPSA) is 140 Å². The van der Waals surface area contributed by atoms with Crippen LogP contribution in [0.15, 0.2) is 91.0 Å². The molecule has 0 bridgehead atoms. The molecule has 0 saturated carbocycles. The van der Waals surface area contributed by atoms with Crippen molar-refractivity contribution >= 4 is 29.3 Å². The number of benzene rings is 3. The van der Waals surface area contributed by atoms with Crippen LogP contribution in [0.25, 0.3) is 0 Å². The minimum atomic E-state index is -0.861. The smallest absolute Gasteiger partial charge is 0.414 e. The fourth-order valence-electron chi connectivity index (χ4n) is 3.55. The van der Waals surface area contributed by atoms with E-state index in [4.69, 9.17) is 20.3 Å². The van der Waals surface area contributed by atoms with Crippen LogP contribution < -0.4 is 21.1 Å². The molecule has 0 radical (unpaired) electrons. The van der Waals surface area contributed by atoms with Crippen LogP contribution in [0.3, 0.4) is 0 Å². The van der Waals surface area contributed by atoms with E-state index in [0.29, 0.717) is 47.5 Å². The van der Waals surface area contributed by atoms with Gasteiger partial charge in [0.05, 0.1) is 18.0 Å². The van der Waals surface area contributed by atoms with E-state index in [2.05, 4.69) is 10.6 Å². The maximum Gasteiger partial charge on any atom is 0.414 e. The molecule has 3 aromatic carbocycles. The second-order valence-electron chi connectivity index (χ2n) is 8.26. The lowest BCUT2D eigenvalue weighted by atomic mass is 10.0. The summed E-state index contributed by atoms with van der Waals surface area (Å²) in [5.74, 6) is -0.290. The first-order valence-corrected chi connectivity index (χ1v) is 12.2. The van der Waals surface area contributed by atoms with Crippen molar-refractivity contribution in [2.24, 2.45) is 0 Å². The molecule has 198 valence electrons. The van der Waals surface area contributed by atoms with Crippen LogP contribution in [-0.4, -0.2) is 36.2 Å². The molecule has 0 spiro atoms. The first-order valence-electron chi connectivity index (χ1n) is 12.2. The van der Waals surface area contributed by atoms with Gasteiger partial charge in [0, 0.05) is 5.56 Å². The summed E-state index contributed by atoms with van der Waals surface area (Å²) in [4.78, 5) is 37.0. The number of nitrogens with one attached hydrogen (secondary N) is 2. The fraction of sp³-hybridized carbons (Fsp3) is 0.207. The number of hydrogen-bond donors (Lipinski definition) is 4. The van der Waals surface area contributed by atoms with E-state index in [9.17, 15) is 14.4 Å². The molecule has 3 rings (SSSR count). The van der Waals surface area contributed by atoms with E-state index < -0.39 is 18.1 Å². The highest BCUT2D eigenvalue weighted by Crippen LogP contribution is 2.26. The van der Waals surface area contributed by atoms with Crippen molar-refractivity contribution in [1.29, 1.82) is 0 Å². The number of nitrogen functional groups attached to an aromatic ring is 1. The number of nitrogens with two attached hydrogens (primary N) is 1. The number of carbonyl (C=O) groups excluding carboxylic acids is 3. The van der Waals surface area contributed by atoms with Crippen molar-refractivity contribution in [3.8, 4) is 5.75 Å². The Bertz CT molecular complexity index is 1230. The Morgan fingerprint density at radius 3 is 2.37 bits per heavy atom. The van der Waals surface area contributed by atoms with Crippen molar-refractivity contribution in [3.05, 3.63) is 102 Å². The van der Waals surface area contributed by atoms with Crippen molar-refractivity contribution in [1.82, 2.24) is 5.32 Å². The molecule has 0 aliphatic carbocycles. The van der Waals surface area contributed by atoms with Gasteiger partial charge in [0.25, 0.3) is 5.91 Å². The van der Waals surface area contributed by atoms with Gasteiger partial charge in [-0.25, -0.2) is 4.79 Å². The summed E-state index contributed by atoms with van der Waals surface area (Å²) in [6, 6.07) is 22.3. The molecule has 0 heterocycles. The zero-order chi connectivity index (χ0) is 27.2. The Balaban J connectivity index is 1.58. The largest absolute Gasteiger partial charge is 0.491 e. The van der Waals surface area contributed by atoms with E-state index >= 15 is 0 Å². The monoisotopic (exact) mass is 517 g/mol. The Morgan fingerprint density at radius 1 is 0.947 bits per heavy atom. The summed E-state index contributed by atoms with van der Waals surface area (Å²) in [5.41, 5.74) is 7.91. The number of aliphatic hydroxyl groups is 1. The number of unbranched alkanes of at least 4 members (excludes halogenated alkanes) is 1. The Hall–Kier alpha value is -4.63. The van der Waals surface area contributed by atoms with Crippen LogP contribution in [0.1, 0.15) is 41.3 Å². The number of imide groups is 1. The molecule has 0 fully saturated rings. The number of anilines is 2. The first-order chi connectivity index (χ1) is 18.5. The minimum absolute atomic E-state index is 0.104. The van der Waals surface area contributed by atoms with E-state index in [-0.39, 0.29) is 19.1 Å². The molecule has 3 aromatic rings. The molecule has 0 aliphatic heterocycles. The Kier molecular flexibility index (Phi) is 10.9. The third-order valence-electron chi connectivity index (χ3n) is 5.44. The molecule has 0 aliphatic rings. The van der Waals surface area contributed by atoms with Gasteiger partial charge in [-0.15, -0.1) is 0 Å². The van der Waals surface area contributed by atoms with Crippen LogP contribution in [0.2, 0.25) is 0 Å². The van der Waals surface area contributed by atoms with E-state index in [1.807, 2.05) is 0 Å². The summed E-state index contributed by atoms with van der Waals surface area (Å²) < 4.78 is 11.0. The van der Waals surface area contributed by atoms with Gasteiger partial charge in [0.2, 0.25) is 5.91 Å². The summed E-state index contributed by atoms with van der Waals surface area (Å²) in [6.07, 6.45) is 3.26. The molecular weight excluding hydrogens is 486 g/mol. The number of amides is 3. The molecule has 38 heavy (non-hydrogen) atoms. The molecule has 0 saturated heterocycles. The summed E-state index contributed by atoms with van der Waals surface area (Å²) in [5, 5.41) is 13.9. The van der Waals surface area contributed by atoms with Gasteiger partial charge in [-0.1, -0.05) is 48.5 Å². The second-order valence-corrected chi connectivity index (χ2v) is 8.26. The standard InChI is InChI=1S/C29H31N3O6/c30-24-11-7-8-12-25(24)31-27(34)14-6-2-5-13-26(21-15-17-23(18-16-21)37-20-19-33)38-29(36)32-28(35)22-9-3-1-4-10-22/h1,3-4,6-12,14-18,26,33H,2,5,13,19-20,30H2,(H,31,34)(H,32,35,36)/b14-6+/t26-/m1/s1. The number of para-hydroxylation sites is 2. The highest BCUT2D eigenvalue weighted by Gasteiger charge is 2.19. The van der Waals surface area contributed by atoms with Gasteiger partial charge >= 0.3 is 6.09 Å². The van der Waals surface area contributed by atoms with Gasteiger partial charge in [-0.05, 0) is 67.3 Å². The quantitative estimate of drug-likeness (QED) is 0.156. The third kappa shape index (κ3) is 9.11. The predicted octanol–water partition coefficient (Wildman–Crippen LogP) is 4.61. The summed E-state index contributed by atoms with van der Waals surface area (Å²) in [7, 11) is 0. The number of hydrogen-bond acceptors (Lipinski definition) is 7. The van der Waals surface area contributed by atoms with Gasteiger partial charge in [-0.3, -0.25) is 14.9 Å². The lowest BCUT2D eigenvalue weighted by Gasteiger charge is -2.19. The average Bonchev–Trinajstić information content (AvgIpc) is 2.93. The summed E-state index contributed by atoms with van der Waals surface area (Å²) in [6.45, 7) is 0.0629. The average molecular weight is 518 g/mol. The minimum Gasteiger partial charge on any atom is -0.491 e. The van der Waals surface area contributed by atoms with Crippen LogP contribution in [0.5, 0.6) is 5.75 Å². The number of allylic oxidation sites excluding steroid dienone is 1. The highest BCUT2D eigenvalue weighted by atomic mass is 16.6. The number of aliphatic hydroxyl groups excluding tert-OH is 1. The second kappa shape index (κ2) is 14.8. The maximum atomic E-state index is 12.5. The highest BCUT2D eigenvalue weighted by molar-refractivity contribution is 6.03. The van der Waals surface area contributed by atoms with E-state index in [1.54, 1.807) is 84.9 Å². The molecule has 1 atom stereocenters. The predicted molar refractivity (Wildman–Crippen MR) is 145 cm³/mol. The van der Waals surface area contributed by atoms with Gasteiger partial charge in [-0.2, -0.15) is 0 Å². The Morgan fingerprint density at radius 2 is 1.66 bits per heavy atom. The molecular formula is C29H31N3O6. The van der Waals surface area contributed by atoms with E-state index in [1.165, 1.54) is 6.08 Å². The lowest BCUT2D eigenvalue weighted by molar-refractivity contribution is -0.111. The molecule has 0 aromatic heterocycles. The molecule has 9 heteroatoms. The first kappa shape index (κ1) is 27.9. The molecule has 3 amide bonds. The SMILES string of the molecule is Nc1ccccc1NC(=O)/C=C/CCC[C@@H](OC(=O)NC(=O)c1ccccc1)c1ccc(OCCO)cc1. The number of ether oxygens (including phenoxy) is 2. The zero-order valence-corrected chi connectivity index (χ0v) is 20.8. The van der Waals surface area contributed by atoms with Crippen LogP contribution in [0, 0.1) is 0 Å². The molecule has 9 nitrogen and oxygen atoms in total. The van der Waals surface area contributed by atoms with Gasteiger partial charge < -0.3 is 25.6 Å². The number of alkyl carbamates (subject to hydrolysis) is 1. The number of carbonyl (C=O) groups is 3. The van der Waals surface area contributed by atoms with Crippen molar-refractivity contribution in [2.75, 3.05) is 24.3 Å². The van der Waals surface area contributed by atoms with Crippen LogP contribution >= 0.6 is 0 Å². The fourth-order valence-corrected chi connectivity index (χ4v) is 3.55. The van der Waals surface area contributed by atoms with Gasteiger partial charge in [0.1, 0.15) is 18.5 Å². The zero-order valence-electron chi connectivity index (χ0n) is 20.8. The summed E-state index contributed by atoms with van der Waals surface area (Å²) >= 11 is 0.